The van der Waals surface area contributed by atoms with E-state index >= 15 is 0 Å². The van der Waals surface area contributed by atoms with Crippen molar-refractivity contribution in [3.05, 3.63) is 72.1 Å². The molecule has 0 aliphatic heterocycles. The third kappa shape index (κ3) is 2.96. The zero-order chi connectivity index (χ0) is 17.1. The van der Waals surface area contributed by atoms with Crippen molar-refractivity contribution in [1.82, 2.24) is 4.98 Å². The number of hydrogen-bond donors (Lipinski definition) is 1. The maximum absolute atomic E-state index is 11.5. The molecule has 0 amide bonds. The molecule has 1 aromatic heterocycles. The van der Waals surface area contributed by atoms with Gasteiger partial charge in [-0.3, -0.25) is 10.2 Å². The average Bonchev–Trinajstić information content (AvgIpc) is 2.62. The predicted molar refractivity (Wildman–Crippen MR) is 88.6 cm³/mol. The monoisotopic (exact) mass is 321 g/mol. The number of carbonyl (C=O) groups is 1. The number of ether oxygens (including phenoxy) is 1. The molecule has 1 heterocycles. The molecule has 24 heavy (non-hydrogen) atoms. The lowest BCUT2D eigenvalue weighted by molar-refractivity contribution is -0.887. The second kappa shape index (κ2) is 6.50. The number of carbonyl (C=O) groups excluding carboxylic acids is 1. The van der Waals surface area contributed by atoms with Gasteiger partial charge in [-0.05, 0) is 43.3 Å². The van der Waals surface area contributed by atoms with Crippen LogP contribution in [0.2, 0.25) is 0 Å². The molecule has 2 aromatic carbocycles. The van der Waals surface area contributed by atoms with Crippen LogP contribution in [-0.2, 0) is 4.74 Å². The minimum absolute atomic E-state index is 0.398. The molecular weight excluding hydrogens is 304 g/mol. The van der Waals surface area contributed by atoms with Crippen molar-refractivity contribution in [2.45, 2.75) is 6.92 Å². The highest BCUT2D eigenvalue weighted by Gasteiger charge is 2.21. The molecule has 3 aromatic rings. The summed E-state index contributed by atoms with van der Waals surface area (Å²) in [5.74, 6) is -0.398. The van der Waals surface area contributed by atoms with Gasteiger partial charge in [0.05, 0.1) is 23.8 Å². The van der Waals surface area contributed by atoms with E-state index in [9.17, 15) is 10.0 Å². The smallest absolute Gasteiger partial charge is 0.337 e. The Morgan fingerprint density at radius 3 is 1.96 bits per heavy atom. The van der Waals surface area contributed by atoms with E-state index in [2.05, 4.69) is 9.72 Å². The van der Waals surface area contributed by atoms with Crippen LogP contribution < -0.4 is 4.73 Å². The van der Waals surface area contributed by atoms with E-state index in [1.165, 1.54) is 7.11 Å². The number of aromatic nitrogens is 2. The van der Waals surface area contributed by atoms with Crippen LogP contribution in [0.1, 0.15) is 15.9 Å². The Bertz CT molecular complexity index is 872. The molecule has 5 heteroatoms. The van der Waals surface area contributed by atoms with E-state index in [0.29, 0.717) is 17.0 Å². The normalized spacial score (nSPS) is 10.4. The first-order valence-electron chi connectivity index (χ1n) is 7.45. The molecule has 120 valence electrons. The Hall–Kier alpha value is -3.21. The Morgan fingerprint density at radius 1 is 0.958 bits per heavy atom. The van der Waals surface area contributed by atoms with Gasteiger partial charge in [0.2, 0.25) is 0 Å². The highest BCUT2D eigenvalue weighted by molar-refractivity contribution is 5.89. The summed E-state index contributed by atoms with van der Waals surface area (Å²) in [6, 6.07) is 14.6. The third-order valence-corrected chi connectivity index (χ3v) is 3.80. The highest BCUT2D eigenvalue weighted by Crippen LogP contribution is 2.20. The second-order valence-corrected chi connectivity index (χ2v) is 5.42. The van der Waals surface area contributed by atoms with Gasteiger partial charge in [-0.25, -0.2) is 4.79 Å². The van der Waals surface area contributed by atoms with Crippen molar-refractivity contribution in [2.75, 3.05) is 7.11 Å². The van der Waals surface area contributed by atoms with Gasteiger partial charge < -0.3 is 4.74 Å². The van der Waals surface area contributed by atoms with Gasteiger partial charge in [0.15, 0.2) is 0 Å². The standard InChI is InChI=1S/C19H17N2O3/c1-13-3-5-14(6-4-13)17-11-20-12-18(21(17)23)15-7-9-16(10-8-15)19(22)24-2/h3-12H,1-2H3,(H,20,23)/q+1. The van der Waals surface area contributed by atoms with E-state index in [0.717, 1.165) is 21.4 Å². The lowest BCUT2D eigenvalue weighted by Crippen LogP contribution is -2.36. The highest BCUT2D eigenvalue weighted by atomic mass is 16.5. The maximum atomic E-state index is 11.5. The zero-order valence-electron chi connectivity index (χ0n) is 13.4. The number of rotatable bonds is 3. The molecule has 0 saturated carbocycles. The van der Waals surface area contributed by atoms with Crippen molar-refractivity contribution in [2.24, 2.45) is 0 Å². The fourth-order valence-electron chi connectivity index (χ4n) is 2.43. The van der Waals surface area contributed by atoms with E-state index < -0.39 is 5.97 Å². The van der Waals surface area contributed by atoms with Gasteiger partial charge in [0.1, 0.15) is 12.4 Å². The van der Waals surface area contributed by atoms with E-state index in [-0.39, 0.29) is 0 Å². The molecule has 0 unspecified atom stereocenters. The SMILES string of the molecule is COC(=O)c1ccc(-c2cncc(-c3ccc(C)cc3)[n+]2O)cc1. The number of nitrogens with zero attached hydrogens (tertiary/aromatic N) is 2. The largest absolute Gasteiger partial charge is 0.465 e. The first-order valence-corrected chi connectivity index (χ1v) is 7.45. The quantitative estimate of drug-likeness (QED) is 0.457. The van der Waals surface area contributed by atoms with Crippen molar-refractivity contribution < 1.29 is 19.5 Å². The summed E-state index contributed by atoms with van der Waals surface area (Å²) in [5.41, 5.74) is 4.32. The summed E-state index contributed by atoms with van der Waals surface area (Å²) in [6.07, 6.45) is 3.18. The van der Waals surface area contributed by atoms with E-state index in [4.69, 9.17) is 0 Å². The van der Waals surface area contributed by atoms with E-state index in [1.54, 1.807) is 36.7 Å². The number of esters is 1. The minimum Gasteiger partial charge on any atom is -0.465 e. The molecule has 0 spiro atoms. The predicted octanol–water partition coefficient (Wildman–Crippen LogP) is 3.04. The number of methoxy groups -OCH3 is 1. The minimum atomic E-state index is -0.398. The first kappa shape index (κ1) is 15.7. The molecule has 3 rings (SSSR count). The third-order valence-electron chi connectivity index (χ3n) is 3.80. The molecule has 0 aliphatic carbocycles. The summed E-state index contributed by atoms with van der Waals surface area (Å²) >= 11 is 0. The van der Waals surface area contributed by atoms with Crippen LogP contribution in [-0.4, -0.2) is 23.3 Å². The molecule has 0 aliphatic rings. The zero-order valence-corrected chi connectivity index (χ0v) is 13.4. The summed E-state index contributed by atoms with van der Waals surface area (Å²) in [6.45, 7) is 2.01. The maximum Gasteiger partial charge on any atom is 0.337 e. The number of hydrogen-bond acceptors (Lipinski definition) is 4. The Morgan fingerprint density at radius 2 is 1.46 bits per heavy atom. The number of aryl methyl sites for hydroxylation is 1. The second-order valence-electron chi connectivity index (χ2n) is 5.42. The summed E-state index contributed by atoms with van der Waals surface area (Å²) in [4.78, 5) is 15.7. The van der Waals surface area contributed by atoms with Crippen molar-refractivity contribution in [1.29, 1.82) is 0 Å². The summed E-state index contributed by atoms with van der Waals surface area (Å²) < 4.78 is 5.79. The van der Waals surface area contributed by atoms with Gasteiger partial charge in [0.25, 0.3) is 11.4 Å². The Kier molecular flexibility index (Phi) is 4.24. The molecule has 0 atom stereocenters. The average molecular weight is 321 g/mol. The summed E-state index contributed by atoms with van der Waals surface area (Å²) in [5, 5.41) is 10.6. The van der Waals surface area contributed by atoms with Gasteiger partial charge in [-0.15, -0.1) is 0 Å². The Balaban J connectivity index is 2.02. The molecule has 5 nitrogen and oxygen atoms in total. The van der Waals surface area contributed by atoms with Crippen LogP contribution in [0, 0.1) is 6.92 Å². The molecule has 0 fully saturated rings. The van der Waals surface area contributed by atoms with Crippen LogP contribution in [0.25, 0.3) is 22.5 Å². The van der Waals surface area contributed by atoms with Crippen LogP contribution in [0.15, 0.2) is 60.9 Å². The fourth-order valence-corrected chi connectivity index (χ4v) is 2.43. The van der Waals surface area contributed by atoms with Crippen LogP contribution in [0.4, 0.5) is 0 Å². The summed E-state index contributed by atoms with van der Waals surface area (Å²) in [7, 11) is 1.34. The molecule has 0 radical (unpaired) electrons. The lowest BCUT2D eigenvalue weighted by Gasteiger charge is -2.03. The topological polar surface area (TPSA) is 63.3 Å². The molecular formula is C19H17N2O3+. The van der Waals surface area contributed by atoms with Crippen molar-refractivity contribution in [3.8, 4) is 22.5 Å². The number of benzene rings is 2. The lowest BCUT2D eigenvalue weighted by atomic mass is 10.1. The van der Waals surface area contributed by atoms with Crippen LogP contribution in [0.5, 0.6) is 0 Å². The van der Waals surface area contributed by atoms with E-state index in [1.807, 2.05) is 31.2 Å². The van der Waals surface area contributed by atoms with Gasteiger partial charge in [0, 0.05) is 4.73 Å². The van der Waals surface area contributed by atoms with Gasteiger partial charge in [-0.2, -0.15) is 0 Å². The van der Waals surface area contributed by atoms with Crippen molar-refractivity contribution in [3.63, 3.8) is 0 Å². The molecule has 1 N–H and O–H groups in total. The first-order chi connectivity index (χ1) is 11.6. The molecule has 0 saturated heterocycles. The molecule has 0 bridgehead atoms. The van der Waals surface area contributed by atoms with Gasteiger partial charge >= 0.3 is 5.97 Å². The van der Waals surface area contributed by atoms with Crippen LogP contribution in [0.3, 0.4) is 0 Å². The van der Waals surface area contributed by atoms with Gasteiger partial charge in [-0.1, -0.05) is 17.7 Å². The van der Waals surface area contributed by atoms with Crippen molar-refractivity contribution >= 4 is 5.97 Å². The Labute approximate surface area is 139 Å². The fraction of sp³-hybridized carbons (Fsp3) is 0.105. The van der Waals surface area contributed by atoms with Crippen LogP contribution >= 0.6 is 0 Å².